The minimum Gasteiger partial charge on any atom is -0.454 e. The average Bonchev–Trinajstić information content (AvgIpc) is 3.27. The van der Waals surface area contributed by atoms with E-state index in [0.717, 1.165) is 27.4 Å². The first kappa shape index (κ1) is 17.1. The van der Waals surface area contributed by atoms with Crippen molar-refractivity contribution in [3.05, 3.63) is 62.2 Å². The fourth-order valence-corrected chi connectivity index (χ4v) is 3.74. The van der Waals surface area contributed by atoms with Crippen molar-refractivity contribution < 1.29 is 9.47 Å². The Morgan fingerprint density at radius 3 is 2.81 bits per heavy atom. The quantitative estimate of drug-likeness (QED) is 0.594. The average molecular weight is 406 g/mol. The fraction of sp³-hybridized carbons (Fsp3) is 0.111. The number of hydrogen-bond acceptors (Lipinski definition) is 5. The second-order valence-electron chi connectivity index (χ2n) is 5.42. The lowest BCUT2D eigenvalue weighted by Gasteiger charge is -2.06. The molecule has 1 aromatic heterocycles. The molecule has 0 bridgehead atoms. The molecule has 26 heavy (non-hydrogen) atoms. The van der Waals surface area contributed by atoms with Crippen molar-refractivity contribution >= 4 is 40.8 Å². The lowest BCUT2D eigenvalue weighted by atomic mass is 10.2. The Kier molecular flexibility index (Phi) is 4.72. The smallest absolute Gasteiger partial charge is 0.231 e. The lowest BCUT2D eigenvalue weighted by molar-refractivity contribution is 0.174. The summed E-state index contributed by atoms with van der Waals surface area (Å²) in [7, 11) is 1.72. The van der Waals surface area contributed by atoms with Gasteiger partial charge in [-0.05, 0) is 42.0 Å². The molecule has 5 nitrogen and oxygen atoms in total. The maximum atomic E-state index is 6.36. The van der Waals surface area contributed by atoms with Gasteiger partial charge in [0.1, 0.15) is 0 Å². The van der Waals surface area contributed by atoms with Crippen LogP contribution in [0.3, 0.4) is 0 Å². The van der Waals surface area contributed by atoms with E-state index < -0.39 is 0 Å². The summed E-state index contributed by atoms with van der Waals surface area (Å²) in [4.78, 5) is 5.03. The molecule has 0 amide bonds. The van der Waals surface area contributed by atoms with E-state index in [1.165, 1.54) is 11.3 Å². The van der Waals surface area contributed by atoms with Crippen molar-refractivity contribution in [3.63, 3.8) is 0 Å². The van der Waals surface area contributed by atoms with E-state index >= 15 is 0 Å². The van der Waals surface area contributed by atoms with Crippen molar-refractivity contribution in [2.45, 2.75) is 0 Å². The van der Waals surface area contributed by atoms with Gasteiger partial charge in [0.15, 0.2) is 11.5 Å². The summed E-state index contributed by atoms with van der Waals surface area (Å²) in [6.45, 7) is 0.242. The second kappa shape index (κ2) is 7.15. The van der Waals surface area contributed by atoms with Crippen LogP contribution in [0.4, 0.5) is 0 Å². The fourth-order valence-electron chi connectivity index (χ4n) is 2.56. The molecule has 0 aliphatic carbocycles. The predicted octanol–water partition coefficient (Wildman–Crippen LogP) is 4.66. The van der Waals surface area contributed by atoms with E-state index in [4.69, 9.17) is 32.7 Å². The molecule has 0 fully saturated rings. The normalized spacial score (nSPS) is 13.7. The monoisotopic (exact) mass is 405 g/mol. The molecule has 0 radical (unpaired) electrons. The number of benzene rings is 2. The van der Waals surface area contributed by atoms with Crippen LogP contribution in [0.5, 0.6) is 11.5 Å². The lowest BCUT2D eigenvalue weighted by Crippen LogP contribution is -2.11. The summed E-state index contributed by atoms with van der Waals surface area (Å²) in [6, 6.07) is 11.0. The molecule has 8 heteroatoms. The summed E-state index contributed by atoms with van der Waals surface area (Å²) < 4.78 is 12.5. The van der Waals surface area contributed by atoms with E-state index in [0.29, 0.717) is 15.8 Å². The van der Waals surface area contributed by atoms with Crippen LogP contribution in [-0.2, 0) is 0 Å². The third kappa shape index (κ3) is 3.23. The number of ether oxygens (including phenoxy) is 2. The maximum absolute atomic E-state index is 6.36. The molecule has 0 saturated heterocycles. The highest BCUT2D eigenvalue weighted by atomic mass is 35.5. The molecule has 0 saturated carbocycles. The van der Waals surface area contributed by atoms with Crippen LogP contribution in [0.25, 0.3) is 11.3 Å². The summed E-state index contributed by atoms with van der Waals surface area (Å²) in [5, 5.41) is 7.75. The third-order valence-corrected chi connectivity index (χ3v) is 5.27. The van der Waals surface area contributed by atoms with Crippen LogP contribution in [0.15, 0.2) is 51.9 Å². The Labute approximate surface area is 163 Å². The van der Waals surface area contributed by atoms with E-state index in [-0.39, 0.29) is 6.79 Å². The van der Waals surface area contributed by atoms with Crippen molar-refractivity contribution in [1.29, 1.82) is 0 Å². The molecule has 0 N–H and O–H groups in total. The van der Waals surface area contributed by atoms with Crippen LogP contribution in [0, 0.1) is 0 Å². The molecular weight excluding hydrogens is 393 g/mol. The molecule has 132 valence electrons. The molecule has 1 aliphatic heterocycles. The van der Waals surface area contributed by atoms with E-state index in [1.807, 2.05) is 29.6 Å². The molecule has 2 aromatic carbocycles. The molecule has 2 heterocycles. The van der Waals surface area contributed by atoms with Crippen LogP contribution in [0.2, 0.25) is 10.0 Å². The number of halogens is 2. The SMILES string of the molecule is CN=c1scc(-c2cc(Cl)ccc2Cl)n1N=Cc1ccc2c(c1)OCO2. The summed E-state index contributed by atoms with van der Waals surface area (Å²) in [5.41, 5.74) is 2.51. The Morgan fingerprint density at radius 1 is 1.12 bits per heavy atom. The van der Waals surface area contributed by atoms with Gasteiger partial charge in [-0.1, -0.05) is 23.2 Å². The Balaban J connectivity index is 1.77. The molecule has 4 rings (SSSR count). The van der Waals surface area contributed by atoms with Gasteiger partial charge >= 0.3 is 0 Å². The standard InChI is InChI=1S/C18H13Cl2N3O2S/c1-21-18-23(15(9-26-18)13-7-12(19)3-4-14(13)20)22-8-11-2-5-16-17(6-11)25-10-24-16/h2-9H,10H2,1H3. The highest BCUT2D eigenvalue weighted by molar-refractivity contribution is 7.07. The van der Waals surface area contributed by atoms with Gasteiger partial charge in [-0.25, -0.2) is 4.68 Å². The zero-order valence-corrected chi connectivity index (χ0v) is 16.0. The third-order valence-electron chi connectivity index (χ3n) is 3.80. The number of thiazole rings is 1. The van der Waals surface area contributed by atoms with Gasteiger partial charge in [-0.3, -0.25) is 4.99 Å². The molecule has 0 spiro atoms. The Bertz CT molecular complexity index is 1070. The van der Waals surface area contributed by atoms with Crippen molar-refractivity contribution in [2.75, 3.05) is 13.8 Å². The summed E-state index contributed by atoms with van der Waals surface area (Å²) in [5.74, 6) is 1.45. The number of rotatable bonds is 3. The zero-order chi connectivity index (χ0) is 18.1. The number of hydrogen-bond donors (Lipinski definition) is 0. The van der Waals surface area contributed by atoms with Gasteiger partial charge in [-0.2, -0.15) is 5.10 Å². The van der Waals surface area contributed by atoms with E-state index in [9.17, 15) is 0 Å². The molecule has 0 atom stereocenters. The molecule has 1 aliphatic rings. The highest BCUT2D eigenvalue weighted by Gasteiger charge is 2.14. The topological polar surface area (TPSA) is 48.1 Å². The van der Waals surface area contributed by atoms with Crippen molar-refractivity contribution in [1.82, 2.24) is 4.68 Å². The molecule has 3 aromatic rings. The minimum absolute atomic E-state index is 0.242. The van der Waals surface area contributed by atoms with Gasteiger partial charge in [0, 0.05) is 23.0 Å². The number of fused-ring (bicyclic) bond motifs is 1. The van der Waals surface area contributed by atoms with Crippen LogP contribution in [0.1, 0.15) is 5.56 Å². The predicted molar refractivity (Wildman–Crippen MR) is 105 cm³/mol. The largest absolute Gasteiger partial charge is 0.454 e. The molecule has 0 unspecified atom stereocenters. The highest BCUT2D eigenvalue weighted by Crippen LogP contribution is 2.33. The first-order chi connectivity index (χ1) is 12.7. The van der Waals surface area contributed by atoms with Crippen molar-refractivity contribution in [2.24, 2.45) is 10.1 Å². The molecular formula is C18H13Cl2N3O2S. The van der Waals surface area contributed by atoms with Gasteiger partial charge < -0.3 is 9.47 Å². The van der Waals surface area contributed by atoms with Gasteiger partial charge in [0.05, 0.1) is 16.9 Å². The van der Waals surface area contributed by atoms with Crippen LogP contribution in [-0.4, -0.2) is 24.7 Å². The minimum atomic E-state index is 0.242. The van der Waals surface area contributed by atoms with E-state index in [1.54, 1.807) is 30.1 Å². The number of aromatic nitrogens is 1. The van der Waals surface area contributed by atoms with Crippen molar-refractivity contribution in [3.8, 4) is 22.8 Å². The summed E-state index contributed by atoms with van der Waals surface area (Å²) in [6.07, 6.45) is 1.74. The Hall–Kier alpha value is -2.28. The first-order valence-electron chi connectivity index (χ1n) is 7.68. The number of nitrogens with zero attached hydrogens (tertiary/aromatic N) is 3. The second-order valence-corrected chi connectivity index (χ2v) is 7.10. The van der Waals surface area contributed by atoms with Gasteiger partial charge in [0.25, 0.3) is 0 Å². The van der Waals surface area contributed by atoms with Gasteiger partial charge in [-0.15, -0.1) is 11.3 Å². The van der Waals surface area contributed by atoms with Gasteiger partial charge in [0.2, 0.25) is 11.6 Å². The zero-order valence-electron chi connectivity index (χ0n) is 13.6. The maximum Gasteiger partial charge on any atom is 0.231 e. The van der Waals surface area contributed by atoms with Crippen LogP contribution < -0.4 is 14.3 Å². The Morgan fingerprint density at radius 2 is 1.96 bits per heavy atom. The van der Waals surface area contributed by atoms with E-state index in [2.05, 4.69) is 10.1 Å². The van der Waals surface area contributed by atoms with Crippen LogP contribution >= 0.6 is 34.5 Å². The summed E-state index contributed by atoms with van der Waals surface area (Å²) >= 11 is 14.0. The first-order valence-corrected chi connectivity index (χ1v) is 9.32.